The van der Waals surface area contributed by atoms with Crippen LogP contribution >= 0.6 is 0 Å². The van der Waals surface area contributed by atoms with Crippen molar-refractivity contribution in [1.82, 2.24) is 19.5 Å². The Hall–Kier alpha value is -3.52. The topological polar surface area (TPSA) is 187 Å². The Morgan fingerprint density at radius 1 is 1.39 bits per heavy atom. The maximum atomic E-state index is 12.2. The summed E-state index contributed by atoms with van der Waals surface area (Å²) in [6.45, 7) is -0.521. The number of fused-ring (bicyclic) bond motifs is 1. The highest BCUT2D eigenvalue weighted by Crippen LogP contribution is 2.33. The van der Waals surface area contributed by atoms with E-state index < -0.39 is 36.7 Å². The number of hydrazone groups is 1. The molecule has 1 fully saturated rings. The average Bonchev–Trinajstić information content (AvgIpc) is 3.27. The predicted molar refractivity (Wildman–Crippen MR) is 107 cm³/mol. The summed E-state index contributed by atoms with van der Waals surface area (Å²) in [5.41, 5.74) is 2.50. The van der Waals surface area contributed by atoms with E-state index in [4.69, 9.17) is 9.47 Å². The number of methoxy groups -OCH3 is 1. The number of hydrogen-bond donors (Lipinski definition) is 6. The Labute approximate surface area is 174 Å². The van der Waals surface area contributed by atoms with Crippen LogP contribution in [0.1, 0.15) is 11.8 Å². The molecule has 4 rings (SSSR count). The number of ether oxygens (including phenoxy) is 2. The number of rotatable bonds is 6. The van der Waals surface area contributed by atoms with Gasteiger partial charge in [0.1, 0.15) is 29.8 Å². The van der Waals surface area contributed by atoms with Gasteiger partial charge in [-0.05, 0) is 12.1 Å². The zero-order chi connectivity index (χ0) is 22.1. The smallest absolute Gasteiger partial charge is 0.278 e. The van der Waals surface area contributed by atoms with Crippen LogP contribution in [0.15, 0.2) is 34.4 Å². The number of imidazole rings is 1. The molecular weight excluding hydrogens is 412 g/mol. The van der Waals surface area contributed by atoms with Crippen molar-refractivity contribution in [2.75, 3.05) is 19.1 Å². The Kier molecular flexibility index (Phi) is 5.56. The molecule has 13 heteroatoms. The number of aromatic hydroxyl groups is 1. The third-order valence-corrected chi connectivity index (χ3v) is 4.86. The number of aromatic nitrogens is 4. The number of anilines is 1. The van der Waals surface area contributed by atoms with Crippen LogP contribution in [-0.4, -0.2) is 78.2 Å². The first-order chi connectivity index (χ1) is 14.9. The summed E-state index contributed by atoms with van der Waals surface area (Å²) in [6.07, 6.45) is -2.54. The molecule has 1 saturated heterocycles. The lowest BCUT2D eigenvalue weighted by Gasteiger charge is -2.18. The lowest BCUT2D eigenvalue weighted by Crippen LogP contribution is -2.33. The molecule has 1 aliphatic rings. The van der Waals surface area contributed by atoms with Crippen molar-refractivity contribution < 1.29 is 29.9 Å². The van der Waals surface area contributed by atoms with Crippen molar-refractivity contribution in [1.29, 1.82) is 0 Å². The van der Waals surface area contributed by atoms with E-state index in [1.807, 2.05) is 0 Å². The highest BCUT2D eigenvalue weighted by molar-refractivity contribution is 5.84. The number of H-pyrrole nitrogens is 1. The maximum absolute atomic E-state index is 12.2. The van der Waals surface area contributed by atoms with Gasteiger partial charge >= 0.3 is 0 Å². The van der Waals surface area contributed by atoms with E-state index in [1.165, 1.54) is 24.0 Å². The highest BCUT2D eigenvalue weighted by Gasteiger charge is 2.45. The minimum absolute atomic E-state index is 0.0155. The van der Waals surface area contributed by atoms with Gasteiger partial charge in [0.2, 0.25) is 5.95 Å². The molecule has 13 nitrogen and oxygen atoms in total. The molecule has 0 aliphatic carbocycles. The number of aliphatic hydroxyl groups is 3. The van der Waals surface area contributed by atoms with Gasteiger partial charge in [0, 0.05) is 11.6 Å². The predicted octanol–water partition coefficient (Wildman–Crippen LogP) is -1.11. The zero-order valence-electron chi connectivity index (χ0n) is 16.2. The van der Waals surface area contributed by atoms with Crippen LogP contribution in [0.4, 0.5) is 5.95 Å². The van der Waals surface area contributed by atoms with Crippen LogP contribution in [0.5, 0.6) is 11.5 Å². The molecule has 3 heterocycles. The van der Waals surface area contributed by atoms with Gasteiger partial charge in [-0.2, -0.15) is 5.10 Å². The molecule has 164 valence electrons. The fourth-order valence-electron chi connectivity index (χ4n) is 3.25. The number of hydrogen-bond acceptors (Lipinski definition) is 11. The molecule has 3 aromatic rings. The normalized spacial score (nSPS) is 23.6. The van der Waals surface area contributed by atoms with Gasteiger partial charge in [-0.15, -0.1) is 0 Å². The van der Waals surface area contributed by atoms with Crippen molar-refractivity contribution >= 4 is 23.3 Å². The molecule has 4 atom stereocenters. The summed E-state index contributed by atoms with van der Waals surface area (Å²) in [6, 6.07) is 4.64. The van der Waals surface area contributed by atoms with Crippen molar-refractivity contribution in [2.24, 2.45) is 5.10 Å². The van der Waals surface area contributed by atoms with Crippen molar-refractivity contribution in [3.8, 4) is 11.5 Å². The fraction of sp³-hybridized carbons (Fsp3) is 0.333. The van der Waals surface area contributed by atoms with Gasteiger partial charge in [0.15, 0.2) is 17.4 Å². The minimum atomic E-state index is -1.43. The third kappa shape index (κ3) is 3.70. The Bertz CT molecular complexity index is 1180. The summed E-state index contributed by atoms with van der Waals surface area (Å²) >= 11 is 0. The molecule has 6 N–H and O–H groups in total. The van der Waals surface area contributed by atoms with Crippen molar-refractivity contribution in [3.63, 3.8) is 0 Å². The van der Waals surface area contributed by atoms with Crippen molar-refractivity contribution in [2.45, 2.75) is 24.5 Å². The number of phenols is 1. The summed E-state index contributed by atoms with van der Waals surface area (Å²) in [5.74, 6) is 0.386. The van der Waals surface area contributed by atoms with E-state index in [0.29, 0.717) is 11.3 Å². The second-order valence-corrected chi connectivity index (χ2v) is 6.73. The first-order valence-corrected chi connectivity index (χ1v) is 9.18. The van der Waals surface area contributed by atoms with Crippen LogP contribution in [0.2, 0.25) is 0 Å². The van der Waals surface area contributed by atoms with E-state index in [2.05, 4.69) is 25.5 Å². The summed E-state index contributed by atoms with van der Waals surface area (Å²) in [7, 11) is 1.47. The van der Waals surface area contributed by atoms with Gasteiger partial charge in [-0.3, -0.25) is 9.36 Å². The van der Waals surface area contributed by atoms with E-state index in [0.717, 1.165) is 6.33 Å². The SMILES string of the molecule is COc1ccc(/C=N/Nc2nc3c(=O)[nH]cnc3n2C2OC(CO)C(O)C2O)c(O)c1. The molecule has 31 heavy (non-hydrogen) atoms. The van der Waals surface area contributed by atoms with Crippen LogP contribution in [-0.2, 0) is 4.74 Å². The molecule has 0 spiro atoms. The number of aromatic amines is 1. The quantitative estimate of drug-likeness (QED) is 0.206. The first kappa shape index (κ1) is 20.7. The summed E-state index contributed by atoms with van der Waals surface area (Å²) in [5, 5.41) is 43.9. The van der Waals surface area contributed by atoms with Crippen molar-refractivity contribution in [3.05, 3.63) is 40.4 Å². The minimum Gasteiger partial charge on any atom is -0.507 e. The number of aliphatic hydroxyl groups excluding tert-OH is 3. The van der Waals surface area contributed by atoms with Crippen LogP contribution in [0.25, 0.3) is 11.2 Å². The molecule has 1 aromatic carbocycles. The zero-order valence-corrected chi connectivity index (χ0v) is 16.2. The molecule has 0 amide bonds. The Morgan fingerprint density at radius 3 is 2.87 bits per heavy atom. The van der Waals surface area contributed by atoms with Crippen LogP contribution < -0.4 is 15.7 Å². The monoisotopic (exact) mass is 432 g/mol. The van der Waals surface area contributed by atoms with Crippen LogP contribution in [0, 0.1) is 0 Å². The number of phenolic OH excluding ortho intramolecular Hbond substituents is 1. The molecule has 0 bridgehead atoms. The molecular formula is C18H20N6O7. The second kappa shape index (κ2) is 8.31. The molecule has 1 aliphatic heterocycles. The average molecular weight is 432 g/mol. The number of nitrogens with zero attached hydrogens (tertiary/aromatic N) is 4. The number of nitrogens with one attached hydrogen (secondary N) is 2. The fourth-order valence-corrected chi connectivity index (χ4v) is 3.25. The lowest BCUT2D eigenvalue weighted by molar-refractivity contribution is -0.0501. The molecule has 0 saturated carbocycles. The standard InChI is InChI=1S/C18H20N6O7/c1-30-9-3-2-8(10(26)4-9)5-21-23-18-22-12-15(19-7-20-16(12)29)24(18)17-14(28)13(27)11(6-25)31-17/h2-5,7,11,13-14,17,25-28H,6H2,1H3,(H,22,23)(H,19,20,29)/b21-5+. The summed E-state index contributed by atoms with van der Waals surface area (Å²) < 4.78 is 11.8. The lowest BCUT2D eigenvalue weighted by atomic mass is 10.1. The molecule has 4 unspecified atom stereocenters. The van der Waals surface area contributed by atoms with E-state index in [9.17, 15) is 25.2 Å². The van der Waals surface area contributed by atoms with Gasteiger partial charge in [0.25, 0.3) is 5.56 Å². The van der Waals surface area contributed by atoms with Gasteiger partial charge in [0.05, 0.1) is 26.3 Å². The second-order valence-electron chi connectivity index (χ2n) is 6.73. The largest absolute Gasteiger partial charge is 0.507 e. The maximum Gasteiger partial charge on any atom is 0.278 e. The van der Waals surface area contributed by atoms with Gasteiger partial charge < -0.3 is 34.9 Å². The molecule has 0 radical (unpaired) electrons. The molecule has 2 aromatic heterocycles. The summed E-state index contributed by atoms with van der Waals surface area (Å²) in [4.78, 5) is 22.8. The Morgan fingerprint density at radius 2 is 2.19 bits per heavy atom. The highest BCUT2D eigenvalue weighted by atomic mass is 16.6. The van der Waals surface area contributed by atoms with Gasteiger partial charge in [-0.25, -0.2) is 15.4 Å². The van der Waals surface area contributed by atoms with E-state index >= 15 is 0 Å². The third-order valence-electron chi connectivity index (χ3n) is 4.86. The van der Waals surface area contributed by atoms with Crippen LogP contribution in [0.3, 0.4) is 0 Å². The first-order valence-electron chi connectivity index (χ1n) is 9.18. The number of benzene rings is 1. The van der Waals surface area contributed by atoms with E-state index in [-0.39, 0.29) is 22.9 Å². The van der Waals surface area contributed by atoms with Gasteiger partial charge in [-0.1, -0.05) is 0 Å². The van der Waals surface area contributed by atoms with E-state index in [1.54, 1.807) is 12.1 Å². The Balaban J connectivity index is 1.70.